The highest BCUT2D eigenvalue weighted by atomic mass is 19.4. The summed E-state index contributed by atoms with van der Waals surface area (Å²) in [5, 5.41) is 0. The summed E-state index contributed by atoms with van der Waals surface area (Å²) in [6.45, 7) is 7.00. The molecule has 3 fully saturated rings. The van der Waals surface area contributed by atoms with Gasteiger partial charge in [-0.15, -0.1) is 0 Å². The third-order valence-electron chi connectivity index (χ3n) is 9.59. The Kier molecular flexibility index (Phi) is 9.80. The van der Waals surface area contributed by atoms with Crippen LogP contribution < -0.4 is 4.74 Å². The number of carbonyl (C=O) groups is 1. The van der Waals surface area contributed by atoms with Crippen molar-refractivity contribution in [2.75, 3.05) is 33.4 Å². The van der Waals surface area contributed by atoms with Crippen molar-refractivity contribution >= 4 is 5.97 Å². The Hall–Kier alpha value is -2.79. The number of halogens is 6. The highest BCUT2D eigenvalue weighted by Gasteiger charge is 2.48. The number of nitrogens with zero attached hydrogens (tertiary/aromatic N) is 1. The molecule has 2 aromatic carbocycles. The van der Waals surface area contributed by atoms with E-state index in [1.54, 1.807) is 20.8 Å². The molecule has 2 aromatic rings. The molecule has 5 atom stereocenters. The third-order valence-corrected chi connectivity index (χ3v) is 9.59. The summed E-state index contributed by atoms with van der Waals surface area (Å²) in [4.78, 5) is 12.2. The van der Waals surface area contributed by atoms with Crippen molar-refractivity contribution in [3.05, 3.63) is 64.2 Å². The van der Waals surface area contributed by atoms with Crippen LogP contribution >= 0.6 is 0 Å². The van der Waals surface area contributed by atoms with Crippen molar-refractivity contribution in [1.29, 1.82) is 0 Å². The molecule has 0 spiro atoms. The lowest BCUT2D eigenvalue weighted by molar-refractivity contribution is -0.144. The molecule has 0 radical (unpaired) electrons. The summed E-state index contributed by atoms with van der Waals surface area (Å²) in [5.74, 6) is 1.67. The number of esters is 1. The van der Waals surface area contributed by atoms with Crippen LogP contribution in [0.1, 0.15) is 79.8 Å². The van der Waals surface area contributed by atoms with Gasteiger partial charge in [-0.2, -0.15) is 26.3 Å². The number of carbonyl (C=O) groups excluding carboxylic acids is 1. The van der Waals surface area contributed by atoms with Gasteiger partial charge >= 0.3 is 18.3 Å². The standard InChI is InChI=1S/C29H31F6NO2.C5H10O2/c1-16(23-11-22(28(30,31)32)7-8-24(23)29(33,34)35)36-12-20-14-37-15-21(13-36)27(20)25-9-6-18-4-5-19(17-2-3-17)10-26(18)38-25;1-4(2)5(6)7-3/h4-5,7-8,10-11,16-17,20-21,25,27H,2-3,6,9,12-15H2,1H3;4H,1-3H3/t16-,20-,21+,25?,27?;/m1./s1. The molecule has 1 saturated carbocycles. The Labute approximate surface area is 260 Å². The van der Waals surface area contributed by atoms with E-state index in [0.29, 0.717) is 50.4 Å². The Morgan fingerprint density at radius 3 is 2.11 bits per heavy atom. The van der Waals surface area contributed by atoms with Crippen molar-refractivity contribution in [2.45, 2.75) is 76.9 Å². The van der Waals surface area contributed by atoms with Gasteiger partial charge in [-0.05, 0) is 79.5 Å². The van der Waals surface area contributed by atoms with Gasteiger partial charge in [0.25, 0.3) is 0 Å². The van der Waals surface area contributed by atoms with Crippen LogP contribution in [0.3, 0.4) is 0 Å². The van der Waals surface area contributed by atoms with Crippen LogP contribution in [-0.2, 0) is 33.0 Å². The molecule has 3 aliphatic heterocycles. The summed E-state index contributed by atoms with van der Waals surface area (Å²) in [6, 6.07) is 7.47. The van der Waals surface area contributed by atoms with Gasteiger partial charge in [0.1, 0.15) is 11.9 Å². The Morgan fingerprint density at radius 2 is 1.58 bits per heavy atom. The van der Waals surface area contributed by atoms with Crippen LogP contribution in [0.4, 0.5) is 26.3 Å². The largest absolute Gasteiger partial charge is 0.490 e. The first-order valence-corrected chi connectivity index (χ1v) is 15.6. The summed E-state index contributed by atoms with van der Waals surface area (Å²) in [7, 11) is 1.39. The predicted molar refractivity (Wildman–Crippen MR) is 156 cm³/mol. The Morgan fingerprint density at radius 1 is 0.911 bits per heavy atom. The second-order valence-electron chi connectivity index (χ2n) is 13.1. The lowest BCUT2D eigenvalue weighted by atomic mass is 9.71. The monoisotopic (exact) mass is 641 g/mol. The fourth-order valence-electron chi connectivity index (χ4n) is 7.05. The van der Waals surface area contributed by atoms with E-state index in [2.05, 4.69) is 22.9 Å². The van der Waals surface area contributed by atoms with E-state index in [-0.39, 0.29) is 41.3 Å². The van der Waals surface area contributed by atoms with Crippen molar-refractivity contribution in [3.8, 4) is 5.75 Å². The number of hydrogen-bond donors (Lipinski definition) is 0. The average molecular weight is 642 g/mol. The van der Waals surface area contributed by atoms with E-state index < -0.39 is 29.5 Å². The molecule has 6 rings (SSSR count). The van der Waals surface area contributed by atoms with Gasteiger partial charge in [0, 0.05) is 36.9 Å². The molecule has 0 amide bonds. The summed E-state index contributed by atoms with van der Waals surface area (Å²) in [6.07, 6.45) is -5.26. The van der Waals surface area contributed by atoms with Gasteiger partial charge in [-0.25, -0.2) is 0 Å². The second-order valence-corrected chi connectivity index (χ2v) is 13.1. The molecule has 2 bridgehead atoms. The summed E-state index contributed by atoms with van der Waals surface area (Å²) >= 11 is 0. The number of ether oxygens (including phenoxy) is 3. The number of aryl methyl sites for hydroxylation is 1. The topological polar surface area (TPSA) is 48.0 Å². The molecule has 2 saturated heterocycles. The van der Waals surface area contributed by atoms with E-state index in [1.165, 1.54) is 31.1 Å². The molecule has 11 heteroatoms. The van der Waals surface area contributed by atoms with Crippen molar-refractivity contribution in [2.24, 2.45) is 23.7 Å². The molecular weight excluding hydrogens is 600 g/mol. The maximum Gasteiger partial charge on any atom is 0.416 e. The lowest BCUT2D eigenvalue weighted by Crippen LogP contribution is -2.57. The summed E-state index contributed by atoms with van der Waals surface area (Å²) in [5.41, 5.74) is 0.117. The highest BCUT2D eigenvalue weighted by molar-refractivity contribution is 5.71. The van der Waals surface area contributed by atoms with Gasteiger partial charge in [-0.1, -0.05) is 26.0 Å². The lowest BCUT2D eigenvalue weighted by Gasteiger charge is -2.51. The minimum atomic E-state index is -4.74. The van der Waals surface area contributed by atoms with Crippen LogP contribution in [0.2, 0.25) is 0 Å². The molecule has 4 aliphatic rings. The Balaban J connectivity index is 0.000000515. The van der Waals surface area contributed by atoms with Crippen molar-refractivity contribution < 1.29 is 45.3 Å². The van der Waals surface area contributed by atoms with Crippen molar-refractivity contribution in [3.63, 3.8) is 0 Å². The minimum Gasteiger partial charge on any atom is -0.490 e. The number of rotatable bonds is 5. The quantitative estimate of drug-likeness (QED) is 0.244. The van der Waals surface area contributed by atoms with E-state index in [9.17, 15) is 31.1 Å². The van der Waals surface area contributed by atoms with Crippen molar-refractivity contribution in [1.82, 2.24) is 4.90 Å². The van der Waals surface area contributed by atoms with Gasteiger partial charge in [0.15, 0.2) is 0 Å². The fraction of sp³-hybridized carbons (Fsp3) is 0.618. The van der Waals surface area contributed by atoms with Gasteiger partial charge in [0.05, 0.1) is 37.4 Å². The fourth-order valence-corrected chi connectivity index (χ4v) is 7.05. The zero-order chi connectivity index (χ0) is 32.7. The predicted octanol–water partition coefficient (Wildman–Crippen LogP) is 8.07. The first-order chi connectivity index (χ1) is 21.2. The van der Waals surface area contributed by atoms with Crippen LogP contribution in [0.25, 0.3) is 0 Å². The smallest absolute Gasteiger partial charge is 0.416 e. The molecule has 0 aromatic heterocycles. The minimum absolute atomic E-state index is 0.00463. The number of benzene rings is 2. The molecule has 1 aliphatic carbocycles. The first kappa shape index (κ1) is 33.6. The van der Waals surface area contributed by atoms with E-state index >= 15 is 0 Å². The Bertz CT molecular complexity index is 1340. The maximum atomic E-state index is 13.8. The van der Waals surface area contributed by atoms with Crippen LogP contribution in [-0.4, -0.2) is 50.4 Å². The third kappa shape index (κ3) is 7.62. The van der Waals surface area contributed by atoms with E-state index in [0.717, 1.165) is 18.6 Å². The number of fused-ring (bicyclic) bond motifs is 3. The number of piperidine rings is 1. The normalized spacial score (nSPS) is 25.8. The molecule has 0 N–H and O–H groups in total. The van der Waals surface area contributed by atoms with Gasteiger partial charge < -0.3 is 14.2 Å². The van der Waals surface area contributed by atoms with Crippen LogP contribution in [0.5, 0.6) is 5.75 Å². The maximum absolute atomic E-state index is 13.8. The zero-order valence-corrected chi connectivity index (χ0v) is 26.0. The van der Waals surface area contributed by atoms with E-state index in [1.807, 2.05) is 4.90 Å². The number of hydrogen-bond acceptors (Lipinski definition) is 5. The first-order valence-electron chi connectivity index (χ1n) is 15.6. The summed E-state index contributed by atoms with van der Waals surface area (Å²) < 4.78 is 98.4. The average Bonchev–Trinajstić information content (AvgIpc) is 3.84. The molecular formula is C34H41F6NO4. The van der Waals surface area contributed by atoms with Crippen LogP contribution in [0, 0.1) is 23.7 Å². The number of methoxy groups -OCH3 is 1. The number of likely N-dealkylation sites (tertiary alicyclic amines) is 1. The van der Waals surface area contributed by atoms with Gasteiger partial charge in [-0.3, -0.25) is 9.69 Å². The van der Waals surface area contributed by atoms with Crippen LogP contribution in [0.15, 0.2) is 36.4 Å². The SMILES string of the molecule is COC(=O)C(C)C.C[C@H](c1cc(C(F)(F)F)ccc1C(F)(F)F)N1C[C@H]2COC[C@@H](C1)C2C1CCc2ccc(C3CC3)cc2O1. The number of alkyl halides is 6. The molecule has 5 nitrogen and oxygen atoms in total. The molecule has 2 unspecified atom stereocenters. The zero-order valence-electron chi connectivity index (χ0n) is 26.0. The van der Waals surface area contributed by atoms with Gasteiger partial charge in [0.2, 0.25) is 0 Å². The second kappa shape index (κ2) is 13.1. The molecule has 248 valence electrons. The molecule has 3 heterocycles. The molecule has 45 heavy (non-hydrogen) atoms. The highest BCUT2D eigenvalue weighted by Crippen LogP contribution is 2.47. The van der Waals surface area contributed by atoms with E-state index in [4.69, 9.17) is 9.47 Å².